The van der Waals surface area contributed by atoms with Crippen LogP contribution in [0.1, 0.15) is 19.3 Å². The molecule has 6 heteroatoms. The van der Waals surface area contributed by atoms with Crippen molar-refractivity contribution in [1.82, 2.24) is 5.32 Å². The van der Waals surface area contributed by atoms with E-state index in [1.165, 1.54) is 6.07 Å². The van der Waals surface area contributed by atoms with Crippen LogP contribution < -0.4 is 10.6 Å². The number of alkyl halides is 3. The summed E-state index contributed by atoms with van der Waals surface area (Å²) < 4.78 is 37.5. The third-order valence-electron chi connectivity index (χ3n) is 3.05. The van der Waals surface area contributed by atoms with Crippen molar-refractivity contribution in [2.75, 3.05) is 18.4 Å². The van der Waals surface area contributed by atoms with E-state index in [0.717, 1.165) is 32.4 Å². The molecule has 2 N–H and O–H groups in total. The molecule has 1 heterocycles. The summed E-state index contributed by atoms with van der Waals surface area (Å²) in [5.74, 6) is 0. The van der Waals surface area contributed by atoms with Gasteiger partial charge >= 0.3 is 5.51 Å². The number of halogens is 3. The molecule has 1 aliphatic heterocycles. The van der Waals surface area contributed by atoms with E-state index in [4.69, 9.17) is 0 Å². The Kier molecular flexibility index (Phi) is 4.99. The van der Waals surface area contributed by atoms with Gasteiger partial charge in [-0.2, -0.15) is 13.2 Å². The molecule has 0 radical (unpaired) electrons. The van der Waals surface area contributed by atoms with Crippen LogP contribution in [-0.2, 0) is 0 Å². The standard InChI is InChI=1S/C13H17F3N2S/c14-13(15,16)19-12-6-2-1-5-11(12)18-10-4-3-8-17-9-7-10/h1-2,5-6,10,17-18H,3-4,7-9H2. The maximum Gasteiger partial charge on any atom is 0.446 e. The van der Waals surface area contributed by atoms with Crippen molar-refractivity contribution >= 4 is 17.4 Å². The first-order valence-corrected chi connectivity index (χ1v) is 7.18. The molecule has 1 aliphatic rings. The van der Waals surface area contributed by atoms with E-state index in [0.29, 0.717) is 5.69 Å². The Balaban J connectivity index is 2.06. The molecule has 1 atom stereocenters. The van der Waals surface area contributed by atoms with Gasteiger partial charge in [0.05, 0.1) is 0 Å². The molecule has 0 bridgehead atoms. The van der Waals surface area contributed by atoms with Gasteiger partial charge in [0.25, 0.3) is 0 Å². The molecular weight excluding hydrogens is 273 g/mol. The number of hydrogen-bond donors (Lipinski definition) is 2. The Morgan fingerprint density at radius 2 is 1.95 bits per heavy atom. The number of hydrogen-bond acceptors (Lipinski definition) is 3. The minimum atomic E-state index is -4.25. The third kappa shape index (κ3) is 4.95. The van der Waals surface area contributed by atoms with E-state index in [2.05, 4.69) is 10.6 Å². The van der Waals surface area contributed by atoms with Crippen molar-refractivity contribution in [3.63, 3.8) is 0 Å². The maximum atomic E-state index is 12.5. The van der Waals surface area contributed by atoms with Gasteiger partial charge in [0.2, 0.25) is 0 Å². The predicted octanol–water partition coefficient (Wildman–Crippen LogP) is 3.85. The van der Waals surface area contributed by atoms with Crippen molar-refractivity contribution in [2.24, 2.45) is 0 Å². The molecule has 1 aromatic rings. The van der Waals surface area contributed by atoms with Crippen LogP contribution in [0.15, 0.2) is 29.2 Å². The van der Waals surface area contributed by atoms with E-state index in [1.807, 2.05) is 0 Å². The molecule has 2 rings (SSSR count). The lowest BCUT2D eigenvalue weighted by Crippen LogP contribution is -2.21. The van der Waals surface area contributed by atoms with E-state index in [1.54, 1.807) is 18.2 Å². The SMILES string of the molecule is FC(F)(F)Sc1ccccc1NC1CCCNCC1. The van der Waals surface area contributed by atoms with Gasteiger partial charge in [-0.1, -0.05) is 12.1 Å². The van der Waals surface area contributed by atoms with Gasteiger partial charge in [0.1, 0.15) is 0 Å². The van der Waals surface area contributed by atoms with E-state index < -0.39 is 5.51 Å². The molecule has 0 aliphatic carbocycles. The summed E-state index contributed by atoms with van der Waals surface area (Å²) >= 11 is -0.0570. The Morgan fingerprint density at radius 1 is 1.16 bits per heavy atom. The van der Waals surface area contributed by atoms with Gasteiger partial charge in [0.15, 0.2) is 0 Å². The highest BCUT2D eigenvalue weighted by atomic mass is 32.2. The highest BCUT2D eigenvalue weighted by molar-refractivity contribution is 8.00. The van der Waals surface area contributed by atoms with Crippen molar-refractivity contribution < 1.29 is 13.2 Å². The zero-order valence-corrected chi connectivity index (χ0v) is 11.3. The van der Waals surface area contributed by atoms with E-state index in [-0.39, 0.29) is 22.7 Å². The van der Waals surface area contributed by atoms with Crippen LogP contribution >= 0.6 is 11.8 Å². The van der Waals surface area contributed by atoms with Crippen LogP contribution in [-0.4, -0.2) is 24.6 Å². The first kappa shape index (κ1) is 14.5. The number of nitrogens with one attached hydrogen (secondary N) is 2. The van der Waals surface area contributed by atoms with Crippen LogP contribution in [0.5, 0.6) is 0 Å². The fourth-order valence-electron chi connectivity index (χ4n) is 2.18. The van der Waals surface area contributed by atoms with Crippen LogP contribution in [0.25, 0.3) is 0 Å². The van der Waals surface area contributed by atoms with Gasteiger partial charge in [0, 0.05) is 16.6 Å². The summed E-state index contributed by atoms with van der Waals surface area (Å²) in [6, 6.07) is 6.86. The summed E-state index contributed by atoms with van der Waals surface area (Å²) in [5.41, 5.74) is -3.67. The number of rotatable bonds is 3. The minimum absolute atomic E-state index is 0.0570. The molecule has 2 nitrogen and oxygen atoms in total. The summed E-state index contributed by atoms with van der Waals surface area (Å²) in [4.78, 5) is 0.243. The van der Waals surface area contributed by atoms with E-state index >= 15 is 0 Å². The fourth-order valence-corrected chi connectivity index (χ4v) is 2.82. The van der Waals surface area contributed by atoms with E-state index in [9.17, 15) is 13.2 Å². The normalized spacial score (nSPS) is 20.9. The zero-order chi connectivity index (χ0) is 13.7. The van der Waals surface area contributed by atoms with Gasteiger partial charge in [-0.3, -0.25) is 0 Å². The molecular formula is C13H17F3N2S. The average Bonchev–Trinajstić information content (AvgIpc) is 2.58. The second-order valence-corrected chi connectivity index (χ2v) is 5.67. The topological polar surface area (TPSA) is 24.1 Å². The molecule has 1 saturated heterocycles. The molecule has 0 aromatic heterocycles. The molecule has 1 aromatic carbocycles. The second-order valence-electron chi connectivity index (χ2n) is 4.57. The monoisotopic (exact) mass is 290 g/mol. The number of thioether (sulfide) groups is 1. The van der Waals surface area contributed by atoms with Crippen molar-refractivity contribution in [3.05, 3.63) is 24.3 Å². The lowest BCUT2D eigenvalue weighted by atomic mass is 10.1. The van der Waals surface area contributed by atoms with Gasteiger partial charge in [-0.05, 0) is 56.2 Å². The lowest BCUT2D eigenvalue weighted by molar-refractivity contribution is -0.0327. The largest absolute Gasteiger partial charge is 0.446 e. The van der Waals surface area contributed by atoms with Crippen molar-refractivity contribution in [3.8, 4) is 0 Å². The molecule has 0 amide bonds. The molecule has 106 valence electrons. The molecule has 1 fully saturated rings. The first-order chi connectivity index (χ1) is 9.04. The lowest BCUT2D eigenvalue weighted by Gasteiger charge is -2.20. The average molecular weight is 290 g/mol. The quantitative estimate of drug-likeness (QED) is 0.827. The summed E-state index contributed by atoms with van der Waals surface area (Å²) in [6.45, 7) is 1.89. The Labute approximate surface area is 115 Å². The third-order valence-corrected chi connectivity index (χ3v) is 3.86. The second kappa shape index (κ2) is 6.52. The summed E-state index contributed by atoms with van der Waals surface area (Å²) in [7, 11) is 0. The molecule has 0 saturated carbocycles. The van der Waals surface area contributed by atoms with Crippen molar-refractivity contribution in [1.29, 1.82) is 0 Å². The summed E-state index contributed by atoms with van der Waals surface area (Å²) in [6.07, 6.45) is 2.97. The van der Waals surface area contributed by atoms with Crippen LogP contribution in [0.2, 0.25) is 0 Å². The van der Waals surface area contributed by atoms with Gasteiger partial charge < -0.3 is 10.6 Å². The van der Waals surface area contributed by atoms with Crippen LogP contribution in [0.4, 0.5) is 18.9 Å². The predicted molar refractivity (Wildman–Crippen MR) is 72.5 cm³/mol. The molecule has 19 heavy (non-hydrogen) atoms. The summed E-state index contributed by atoms with van der Waals surface area (Å²) in [5, 5.41) is 6.54. The van der Waals surface area contributed by atoms with Gasteiger partial charge in [-0.15, -0.1) is 0 Å². The minimum Gasteiger partial charge on any atom is -0.381 e. The smallest absolute Gasteiger partial charge is 0.381 e. The highest BCUT2D eigenvalue weighted by Crippen LogP contribution is 2.40. The fraction of sp³-hybridized carbons (Fsp3) is 0.538. The van der Waals surface area contributed by atoms with Gasteiger partial charge in [-0.25, -0.2) is 0 Å². The number of anilines is 1. The Hall–Kier alpha value is -0.880. The van der Waals surface area contributed by atoms with Crippen LogP contribution in [0.3, 0.4) is 0 Å². The zero-order valence-electron chi connectivity index (χ0n) is 10.5. The van der Waals surface area contributed by atoms with Crippen LogP contribution in [0, 0.1) is 0 Å². The number of benzene rings is 1. The highest BCUT2D eigenvalue weighted by Gasteiger charge is 2.30. The Bertz CT molecular complexity index is 401. The molecule has 0 spiro atoms. The Morgan fingerprint density at radius 3 is 2.74 bits per heavy atom. The van der Waals surface area contributed by atoms with Crippen molar-refractivity contribution in [2.45, 2.75) is 35.7 Å². The number of para-hydroxylation sites is 1. The molecule has 1 unspecified atom stereocenters. The first-order valence-electron chi connectivity index (χ1n) is 6.36. The maximum absolute atomic E-state index is 12.5.